The third-order valence-corrected chi connectivity index (χ3v) is 5.91. The zero-order valence-corrected chi connectivity index (χ0v) is 14.0. The first-order chi connectivity index (χ1) is 9.41. The Morgan fingerprint density at radius 2 is 1.95 bits per heavy atom. The molecule has 3 nitrogen and oxygen atoms in total. The lowest BCUT2D eigenvalue weighted by molar-refractivity contribution is 0.0629. The molecule has 3 atom stereocenters. The van der Waals surface area contributed by atoms with E-state index in [0.717, 1.165) is 25.6 Å². The van der Waals surface area contributed by atoms with E-state index in [0.29, 0.717) is 11.5 Å². The third kappa shape index (κ3) is 3.37. The van der Waals surface area contributed by atoms with E-state index < -0.39 is 0 Å². The lowest BCUT2D eigenvalue weighted by atomic mass is 9.76. The number of nitrogens with zero attached hydrogens (tertiary/aromatic N) is 1. The average Bonchev–Trinajstić information content (AvgIpc) is 2.77. The molecular formula is C17H34N2O. The molecule has 0 radical (unpaired) electrons. The molecule has 0 aromatic heterocycles. The van der Waals surface area contributed by atoms with E-state index in [-0.39, 0.29) is 5.54 Å². The number of nitrogens with two attached hydrogens (primary N) is 1. The van der Waals surface area contributed by atoms with E-state index in [1.807, 2.05) is 7.11 Å². The first-order valence-corrected chi connectivity index (χ1v) is 8.39. The highest BCUT2D eigenvalue weighted by Gasteiger charge is 2.42. The Kier molecular flexibility index (Phi) is 5.14. The summed E-state index contributed by atoms with van der Waals surface area (Å²) >= 11 is 0. The molecule has 3 heteroatoms. The van der Waals surface area contributed by atoms with E-state index in [9.17, 15) is 0 Å². The van der Waals surface area contributed by atoms with Crippen molar-refractivity contribution >= 4 is 0 Å². The lowest BCUT2D eigenvalue weighted by Gasteiger charge is -2.41. The van der Waals surface area contributed by atoms with Gasteiger partial charge in [-0.25, -0.2) is 0 Å². The van der Waals surface area contributed by atoms with E-state index in [1.165, 1.54) is 38.5 Å². The predicted molar refractivity (Wildman–Crippen MR) is 84.8 cm³/mol. The molecule has 1 saturated carbocycles. The fraction of sp³-hybridized carbons (Fsp3) is 1.00. The smallest absolute Gasteiger partial charge is 0.0710 e. The Morgan fingerprint density at radius 3 is 2.50 bits per heavy atom. The summed E-state index contributed by atoms with van der Waals surface area (Å²) in [6, 6.07) is 0. The molecule has 118 valence electrons. The van der Waals surface area contributed by atoms with Crippen LogP contribution >= 0.6 is 0 Å². The van der Waals surface area contributed by atoms with E-state index in [1.54, 1.807) is 0 Å². The van der Waals surface area contributed by atoms with Gasteiger partial charge in [0, 0.05) is 32.3 Å². The van der Waals surface area contributed by atoms with Crippen molar-refractivity contribution in [2.24, 2.45) is 17.1 Å². The van der Waals surface area contributed by atoms with Crippen LogP contribution in [0.15, 0.2) is 0 Å². The van der Waals surface area contributed by atoms with Crippen LogP contribution in [0.25, 0.3) is 0 Å². The second-order valence-corrected chi connectivity index (χ2v) is 8.01. The molecule has 0 spiro atoms. The summed E-state index contributed by atoms with van der Waals surface area (Å²) in [7, 11) is 1.84. The highest BCUT2D eigenvalue weighted by Crippen LogP contribution is 2.42. The zero-order valence-electron chi connectivity index (χ0n) is 14.0. The Bertz CT molecular complexity index is 313. The van der Waals surface area contributed by atoms with Crippen molar-refractivity contribution in [3.63, 3.8) is 0 Å². The maximum atomic E-state index is 6.25. The van der Waals surface area contributed by atoms with Crippen LogP contribution in [-0.4, -0.2) is 43.3 Å². The van der Waals surface area contributed by atoms with Crippen LogP contribution < -0.4 is 5.73 Å². The van der Waals surface area contributed by atoms with Gasteiger partial charge in [-0.2, -0.15) is 0 Å². The van der Waals surface area contributed by atoms with E-state index in [4.69, 9.17) is 10.5 Å². The minimum atomic E-state index is 0.243. The van der Waals surface area contributed by atoms with Gasteiger partial charge in [-0.1, -0.05) is 27.2 Å². The normalized spacial score (nSPS) is 37.0. The standard InChI is InChI=1S/C17H34N2O/c1-16(2,3)14-6-5-9-17(13-18,10-7-14)19-11-8-15(12-19)20-4/h14-15H,5-13,18H2,1-4H3. The van der Waals surface area contributed by atoms with Crippen LogP contribution in [0.3, 0.4) is 0 Å². The van der Waals surface area contributed by atoms with Crippen molar-refractivity contribution in [1.29, 1.82) is 0 Å². The number of likely N-dealkylation sites (tertiary alicyclic amines) is 1. The van der Waals surface area contributed by atoms with Crippen molar-refractivity contribution in [2.45, 2.75) is 70.9 Å². The maximum Gasteiger partial charge on any atom is 0.0710 e. The summed E-state index contributed by atoms with van der Waals surface area (Å²) in [5.74, 6) is 0.844. The molecule has 2 aliphatic rings. The topological polar surface area (TPSA) is 38.5 Å². The molecule has 0 aromatic rings. The maximum absolute atomic E-state index is 6.25. The van der Waals surface area contributed by atoms with Crippen LogP contribution in [0, 0.1) is 11.3 Å². The Balaban J connectivity index is 2.04. The average molecular weight is 282 g/mol. The minimum absolute atomic E-state index is 0.243. The molecule has 1 aliphatic carbocycles. The van der Waals surface area contributed by atoms with Crippen LogP contribution in [0.2, 0.25) is 0 Å². The second kappa shape index (κ2) is 6.33. The Hall–Kier alpha value is -0.120. The molecule has 3 unspecified atom stereocenters. The van der Waals surface area contributed by atoms with E-state index >= 15 is 0 Å². The number of hydrogen-bond donors (Lipinski definition) is 1. The highest BCUT2D eigenvalue weighted by molar-refractivity contribution is 4.98. The quantitative estimate of drug-likeness (QED) is 0.809. The van der Waals surface area contributed by atoms with Crippen LogP contribution in [0.5, 0.6) is 0 Å². The minimum Gasteiger partial charge on any atom is -0.380 e. The predicted octanol–water partition coefficient (Wildman–Crippen LogP) is 3.03. The Labute approximate surface area is 125 Å². The van der Waals surface area contributed by atoms with Gasteiger partial charge in [-0.3, -0.25) is 4.90 Å². The molecule has 0 aromatic carbocycles. The zero-order chi connectivity index (χ0) is 14.8. The summed E-state index contributed by atoms with van der Waals surface area (Å²) in [6.07, 6.45) is 8.14. The SMILES string of the molecule is COC1CCN(C2(CN)CCCC(C(C)(C)C)CC2)C1. The van der Waals surface area contributed by atoms with E-state index in [2.05, 4.69) is 25.7 Å². The molecule has 0 amide bonds. The molecule has 2 fully saturated rings. The summed E-state index contributed by atoms with van der Waals surface area (Å²) < 4.78 is 5.55. The van der Waals surface area contributed by atoms with Crippen molar-refractivity contribution in [2.75, 3.05) is 26.7 Å². The van der Waals surface area contributed by atoms with Crippen LogP contribution in [-0.2, 0) is 4.74 Å². The van der Waals surface area contributed by atoms with Gasteiger partial charge in [0.25, 0.3) is 0 Å². The van der Waals surface area contributed by atoms with Gasteiger partial charge in [0.1, 0.15) is 0 Å². The van der Waals surface area contributed by atoms with Gasteiger partial charge >= 0.3 is 0 Å². The number of hydrogen-bond acceptors (Lipinski definition) is 3. The molecule has 1 heterocycles. The Morgan fingerprint density at radius 1 is 1.20 bits per heavy atom. The van der Waals surface area contributed by atoms with Gasteiger partial charge in [0.2, 0.25) is 0 Å². The fourth-order valence-electron chi connectivity index (χ4n) is 4.26. The first kappa shape index (κ1) is 16.3. The largest absolute Gasteiger partial charge is 0.380 e. The number of methoxy groups -OCH3 is 1. The molecule has 1 saturated heterocycles. The fourth-order valence-corrected chi connectivity index (χ4v) is 4.26. The first-order valence-electron chi connectivity index (χ1n) is 8.39. The summed E-state index contributed by atoms with van der Waals surface area (Å²) in [5, 5.41) is 0. The van der Waals surface area contributed by atoms with Gasteiger partial charge in [0.05, 0.1) is 6.10 Å². The lowest BCUT2D eigenvalue weighted by Crippen LogP contribution is -2.53. The third-order valence-electron chi connectivity index (χ3n) is 5.91. The summed E-state index contributed by atoms with van der Waals surface area (Å²) in [5.41, 5.74) is 6.93. The van der Waals surface area contributed by atoms with Gasteiger partial charge < -0.3 is 10.5 Å². The van der Waals surface area contributed by atoms with Crippen molar-refractivity contribution in [3.05, 3.63) is 0 Å². The van der Waals surface area contributed by atoms with Crippen molar-refractivity contribution in [3.8, 4) is 0 Å². The molecule has 1 aliphatic heterocycles. The number of rotatable bonds is 3. The highest BCUT2D eigenvalue weighted by atomic mass is 16.5. The van der Waals surface area contributed by atoms with Crippen molar-refractivity contribution < 1.29 is 4.74 Å². The monoisotopic (exact) mass is 282 g/mol. The van der Waals surface area contributed by atoms with Crippen molar-refractivity contribution in [1.82, 2.24) is 4.90 Å². The molecule has 20 heavy (non-hydrogen) atoms. The van der Waals surface area contributed by atoms with Gasteiger partial charge in [0.15, 0.2) is 0 Å². The summed E-state index contributed by atoms with van der Waals surface area (Å²) in [4.78, 5) is 2.65. The van der Waals surface area contributed by atoms with Gasteiger partial charge in [-0.05, 0) is 43.4 Å². The summed E-state index contributed by atoms with van der Waals surface area (Å²) in [6.45, 7) is 10.2. The van der Waals surface area contributed by atoms with Gasteiger partial charge in [-0.15, -0.1) is 0 Å². The molecule has 2 N–H and O–H groups in total. The van der Waals surface area contributed by atoms with Crippen LogP contribution in [0.4, 0.5) is 0 Å². The molecule has 0 bridgehead atoms. The molecule has 2 rings (SSSR count). The molecular weight excluding hydrogens is 248 g/mol. The second-order valence-electron chi connectivity index (χ2n) is 8.01. The van der Waals surface area contributed by atoms with Crippen LogP contribution in [0.1, 0.15) is 59.3 Å². The number of ether oxygens (including phenoxy) is 1.